The summed E-state index contributed by atoms with van der Waals surface area (Å²) < 4.78 is 30.1. The molecule has 2 aliphatic carbocycles. The number of fused-ring (bicyclic) bond motifs is 3. The Morgan fingerprint density at radius 3 is 2.72 bits per heavy atom. The quantitative estimate of drug-likeness (QED) is 0.704. The number of nitrogens with one attached hydrogen (secondary N) is 1. The number of hydrogen-bond acceptors (Lipinski definition) is 6. The molecule has 2 aromatic heterocycles. The molecule has 0 saturated carbocycles. The minimum absolute atomic E-state index is 0.117. The Balaban J connectivity index is 1.39. The van der Waals surface area contributed by atoms with Gasteiger partial charge >= 0.3 is 6.03 Å². The van der Waals surface area contributed by atoms with Crippen molar-refractivity contribution in [2.75, 3.05) is 18.5 Å². The number of ether oxygens (including phenoxy) is 2. The molecule has 2 unspecified atom stereocenters. The Morgan fingerprint density at radius 2 is 2.03 bits per heavy atom. The standard InChI is InChI=1S/C21H28N6O4S/c1-2-9-30-13-11-27-20(31-12-13)18(10-23-27)32(22,29)26-21(28)25-19-14-5-3-7-16(14)24-17-8-4-6-15(17)19/h10,13H,2-9,11-12H2,1H3,(H3,22,24,25,26,28,29). The fourth-order valence-electron chi connectivity index (χ4n) is 4.68. The van der Waals surface area contributed by atoms with Crippen LogP contribution in [0, 0.1) is 0 Å². The van der Waals surface area contributed by atoms with Gasteiger partial charge in [0.1, 0.15) is 17.6 Å². The van der Waals surface area contributed by atoms with E-state index in [2.05, 4.69) is 14.8 Å². The molecule has 2 atom stereocenters. The molecular formula is C21H28N6O4S. The largest absolute Gasteiger partial charge is 0.474 e. The van der Waals surface area contributed by atoms with E-state index >= 15 is 0 Å². The van der Waals surface area contributed by atoms with E-state index in [4.69, 9.17) is 19.6 Å². The number of carbonyl (C=O) groups excluding carboxylic acids is 1. The van der Waals surface area contributed by atoms with Crippen molar-refractivity contribution in [1.29, 1.82) is 0 Å². The van der Waals surface area contributed by atoms with Crippen molar-refractivity contribution >= 4 is 21.6 Å². The molecule has 0 radical (unpaired) electrons. The Morgan fingerprint density at radius 1 is 1.31 bits per heavy atom. The number of pyridine rings is 1. The summed E-state index contributed by atoms with van der Waals surface area (Å²) >= 11 is 0. The zero-order valence-corrected chi connectivity index (χ0v) is 18.9. The maximum Gasteiger partial charge on any atom is 0.354 e. The number of aromatic nitrogens is 3. The van der Waals surface area contributed by atoms with Gasteiger partial charge in [-0.3, -0.25) is 4.98 Å². The zero-order valence-electron chi connectivity index (χ0n) is 18.1. The first-order valence-corrected chi connectivity index (χ1v) is 12.7. The number of anilines is 1. The molecule has 0 bridgehead atoms. The number of nitrogens with two attached hydrogens (primary N) is 1. The number of rotatable bonds is 5. The SMILES string of the molecule is CCCOC1COc2c(S(N)(=O)=NC(=O)Nc3c4c(nc5c3CCC5)CCC4)cnn2C1. The lowest BCUT2D eigenvalue weighted by Crippen LogP contribution is -2.33. The molecule has 1 aliphatic heterocycles. The molecule has 3 heterocycles. The summed E-state index contributed by atoms with van der Waals surface area (Å²) in [6.07, 6.45) is 7.73. The van der Waals surface area contributed by atoms with Crippen molar-refractivity contribution in [1.82, 2.24) is 14.8 Å². The van der Waals surface area contributed by atoms with E-state index in [1.165, 1.54) is 6.20 Å². The van der Waals surface area contributed by atoms with E-state index in [0.717, 1.165) is 73.1 Å². The predicted molar refractivity (Wildman–Crippen MR) is 118 cm³/mol. The highest BCUT2D eigenvalue weighted by Gasteiger charge is 2.29. The Hall–Kier alpha value is -2.50. The van der Waals surface area contributed by atoms with Crippen LogP contribution >= 0.6 is 0 Å². The summed E-state index contributed by atoms with van der Waals surface area (Å²) in [4.78, 5) is 17.7. The summed E-state index contributed by atoms with van der Waals surface area (Å²) in [5.41, 5.74) is 5.03. The molecule has 0 fully saturated rings. The van der Waals surface area contributed by atoms with Crippen molar-refractivity contribution in [3.63, 3.8) is 0 Å². The molecule has 0 spiro atoms. The maximum absolute atomic E-state index is 13.2. The van der Waals surface area contributed by atoms with E-state index in [-0.39, 0.29) is 16.9 Å². The lowest BCUT2D eigenvalue weighted by atomic mass is 10.1. The van der Waals surface area contributed by atoms with Gasteiger partial charge in [-0.15, -0.1) is 4.36 Å². The smallest absolute Gasteiger partial charge is 0.354 e. The monoisotopic (exact) mass is 460 g/mol. The zero-order chi connectivity index (χ0) is 22.3. The molecule has 2 amide bonds. The number of hydrogen-bond donors (Lipinski definition) is 2. The summed E-state index contributed by atoms with van der Waals surface area (Å²) in [6.45, 7) is 3.43. The maximum atomic E-state index is 13.2. The molecule has 0 aromatic carbocycles. The number of amides is 2. The normalized spacial score (nSPS) is 20.6. The molecule has 2 aromatic rings. The van der Waals surface area contributed by atoms with Crippen LogP contribution in [-0.4, -0.2) is 44.3 Å². The average molecular weight is 461 g/mol. The summed E-state index contributed by atoms with van der Waals surface area (Å²) in [7, 11) is -3.54. The van der Waals surface area contributed by atoms with Crippen LogP contribution in [0.3, 0.4) is 0 Å². The predicted octanol–water partition coefficient (Wildman–Crippen LogP) is 2.38. The van der Waals surface area contributed by atoms with Crippen LogP contribution in [0.1, 0.15) is 48.7 Å². The second-order valence-corrected chi connectivity index (χ2v) is 10.2. The molecule has 0 saturated heterocycles. The Bertz CT molecular complexity index is 1150. The van der Waals surface area contributed by atoms with Crippen molar-refractivity contribution < 1.29 is 18.5 Å². The van der Waals surface area contributed by atoms with Crippen molar-refractivity contribution in [2.45, 2.75) is 69.4 Å². The van der Waals surface area contributed by atoms with Gasteiger partial charge in [-0.1, -0.05) is 6.92 Å². The van der Waals surface area contributed by atoms with E-state index in [0.29, 0.717) is 19.8 Å². The highest BCUT2D eigenvalue weighted by atomic mass is 32.2. The Labute approximate surface area is 187 Å². The number of urea groups is 1. The molecule has 10 nitrogen and oxygen atoms in total. The van der Waals surface area contributed by atoms with Crippen molar-refractivity contribution in [3.05, 3.63) is 28.7 Å². The third kappa shape index (κ3) is 3.89. The minimum Gasteiger partial charge on any atom is -0.474 e. The molecule has 3 N–H and O–H groups in total. The lowest BCUT2D eigenvalue weighted by molar-refractivity contribution is -0.0131. The van der Waals surface area contributed by atoms with E-state index in [1.807, 2.05) is 6.92 Å². The topological polar surface area (TPSA) is 134 Å². The summed E-state index contributed by atoms with van der Waals surface area (Å²) in [5, 5.41) is 13.1. The van der Waals surface area contributed by atoms with Crippen LogP contribution < -0.4 is 15.2 Å². The molecule has 3 aliphatic rings. The molecular weight excluding hydrogens is 432 g/mol. The van der Waals surface area contributed by atoms with Gasteiger partial charge in [0, 0.05) is 18.0 Å². The first-order chi connectivity index (χ1) is 15.5. The number of aryl methyl sites for hydroxylation is 2. The van der Waals surface area contributed by atoms with Gasteiger partial charge in [-0.05, 0) is 56.1 Å². The molecule has 11 heteroatoms. The van der Waals surface area contributed by atoms with Gasteiger partial charge in [0.2, 0.25) is 5.88 Å². The molecule has 32 heavy (non-hydrogen) atoms. The van der Waals surface area contributed by atoms with Crippen molar-refractivity contribution in [2.24, 2.45) is 9.50 Å². The van der Waals surface area contributed by atoms with Crippen LogP contribution in [0.2, 0.25) is 0 Å². The number of carbonyl (C=O) groups is 1. The first kappa shape index (κ1) is 21.4. The fraction of sp³-hybridized carbons (Fsp3) is 0.571. The van der Waals surface area contributed by atoms with Crippen LogP contribution in [0.15, 0.2) is 15.5 Å². The van der Waals surface area contributed by atoms with Gasteiger partial charge in [-0.2, -0.15) is 5.10 Å². The van der Waals surface area contributed by atoms with Gasteiger partial charge in [0.15, 0.2) is 9.92 Å². The molecule has 172 valence electrons. The third-order valence-corrected chi connectivity index (χ3v) is 7.46. The fourth-order valence-corrected chi connectivity index (χ4v) is 5.68. The highest BCUT2D eigenvalue weighted by molar-refractivity contribution is 7.91. The van der Waals surface area contributed by atoms with Gasteiger partial charge in [-0.25, -0.2) is 18.8 Å². The first-order valence-electron chi connectivity index (χ1n) is 11.2. The summed E-state index contributed by atoms with van der Waals surface area (Å²) in [5.74, 6) is 0.274. The minimum atomic E-state index is -3.54. The number of nitrogens with zero attached hydrogens (tertiary/aromatic N) is 4. The van der Waals surface area contributed by atoms with Crippen LogP contribution in [-0.2, 0) is 46.9 Å². The second kappa shape index (κ2) is 8.45. The van der Waals surface area contributed by atoms with Crippen molar-refractivity contribution in [3.8, 4) is 5.88 Å². The third-order valence-electron chi connectivity index (χ3n) is 6.12. The lowest BCUT2D eigenvalue weighted by Gasteiger charge is -2.24. The molecule has 5 rings (SSSR count). The highest BCUT2D eigenvalue weighted by Crippen LogP contribution is 2.37. The Kier molecular flexibility index (Phi) is 5.64. The van der Waals surface area contributed by atoms with Crippen LogP contribution in [0.5, 0.6) is 5.88 Å². The van der Waals surface area contributed by atoms with E-state index in [9.17, 15) is 9.00 Å². The second-order valence-electron chi connectivity index (χ2n) is 8.43. The summed E-state index contributed by atoms with van der Waals surface area (Å²) in [6, 6.07) is -0.730. The van der Waals surface area contributed by atoms with E-state index in [1.54, 1.807) is 4.68 Å². The van der Waals surface area contributed by atoms with Gasteiger partial charge in [0.05, 0.1) is 18.4 Å². The average Bonchev–Trinajstić information content (AvgIpc) is 3.50. The van der Waals surface area contributed by atoms with Crippen LogP contribution in [0.4, 0.5) is 10.5 Å². The van der Waals surface area contributed by atoms with Gasteiger partial charge in [0.25, 0.3) is 0 Å². The van der Waals surface area contributed by atoms with Crippen LogP contribution in [0.25, 0.3) is 0 Å². The van der Waals surface area contributed by atoms with Gasteiger partial charge < -0.3 is 14.8 Å². The van der Waals surface area contributed by atoms with E-state index < -0.39 is 15.9 Å².